The summed E-state index contributed by atoms with van der Waals surface area (Å²) < 4.78 is 0. The third kappa shape index (κ3) is 4.08. The summed E-state index contributed by atoms with van der Waals surface area (Å²) in [6.07, 6.45) is 1.77. The molecule has 2 heteroatoms. The molecule has 0 atom stereocenters. The average Bonchev–Trinajstić information content (AvgIpc) is 2.80. The molecule has 4 rings (SSSR count). The second-order valence-corrected chi connectivity index (χ2v) is 7.62. The lowest BCUT2D eigenvalue weighted by Gasteiger charge is -2.21. The Bertz CT molecular complexity index is 1030. The Morgan fingerprint density at radius 3 is 1.40 bits per heavy atom. The van der Waals surface area contributed by atoms with E-state index < -0.39 is 0 Å². The van der Waals surface area contributed by atoms with E-state index in [0.717, 1.165) is 46.2 Å². The van der Waals surface area contributed by atoms with Crippen molar-refractivity contribution in [2.45, 2.75) is 25.7 Å². The number of phenolic OH excluding ortho intramolecular Hbond substituents is 2. The minimum Gasteiger partial charge on any atom is -0.508 e. The molecule has 2 N–H and O–H groups in total. The maximum absolute atomic E-state index is 10.7. The summed E-state index contributed by atoms with van der Waals surface area (Å²) >= 11 is 0. The molecule has 2 nitrogen and oxygen atoms in total. The molecule has 0 aromatic heterocycles. The molecule has 0 spiro atoms. The van der Waals surface area contributed by atoms with Crippen molar-refractivity contribution in [1.29, 1.82) is 0 Å². The van der Waals surface area contributed by atoms with Crippen molar-refractivity contribution in [3.05, 3.63) is 108 Å². The first-order valence-electron chi connectivity index (χ1n) is 10.4. The van der Waals surface area contributed by atoms with Crippen LogP contribution in [-0.4, -0.2) is 10.2 Å². The molecule has 0 fully saturated rings. The SMILES string of the molecule is CCCC(c1cc(-c2ccccc2)ccc1O)c1cc(-c2ccccc2)ccc1O. The van der Waals surface area contributed by atoms with Gasteiger partial charge in [-0.3, -0.25) is 0 Å². The van der Waals surface area contributed by atoms with E-state index >= 15 is 0 Å². The zero-order valence-electron chi connectivity index (χ0n) is 17.1. The summed E-state index contributed by atoms with van der Waals surface area (Å²) in [6, 6.07) is 31.8. The molecule has 0 radical (unpaired) electrons. The number of hydrogen-bond acceptors (Lipinski definition) is 2. The summed E-state index contributed by atoms with van der Waals surface area (Å²) in [4.78, 5) is 0. The Kier molecular flexibility index (Phi) is 5.85. The minimum atomic E-state index is -0.0951. The van der Waals surface area contributed by atoms with Gasteiger partial charge in [-0.05, 0) is 52.9 Å². The van der Waals surface area contributed by atoms with E-state index in [9.17, 15) is 10.2 Å². The van der Waals surface area contributed by atoms with Crippen molar-refractivity contribution in [3.63, 3.8) is 0 Å². The smallest absolute Gasteiger partial charge is 0.119 e. The maximum atomic E-state index is 10.7. The third-order valence-corrected chi connectivity index (χ3v) is 5.60. The number of hydrogen-bond donors (Lipinski definition) is 2. The Hall–Kier alpha value is -3.52. The largest absolute Gasteiger partial charge is 0.508 e. The monoisotopic (exact) mass is 394 g/mol. The van der Waals surface area contributed by atoms with Gasteiger partial charge in [0, 0.05) is 17.0 Å². The van der Waals surface area contributed by atoms with E-state index in [-0.39, 0.29) is 17.4 Å². The number of phenols is 2. The summed E-state index contributed by atoms with van der Waals surface area (Å²) in [6.45, 7) is 2.13. The van der Waals surface area contributed by atoms with Crippen LogP contribution in [0.1, 0.15) is 36.8 Å². The van der Waals surface area contributed by atoms with Crippen LogP contribution >= 0.6 is 0 Å². The fourth-order valence-corrected chi connectivity index (χ4v) is 4.05. The van der Waals surface area contributed by atoms with Crippen LogP contribution in [0.2, 0.25) is 0 Å². The second kappa shape index (κ2) is 8.87. The standard InChI is InChI=1S/C28H26O2/c1-2-9-24(25-18-22(14-16-27(25)29)20-10-5-3-6-11-20)26-19-23(15-17-28(26)30)21-12-7-4-8-13-21/h3-8,10-19,24,29-30H,2,9H2,1H3. The minimum absolute atomic E-state index is 0.0951. The van der Waals surface area contributed by atoms with Crippen molar-refractivity contribution in [2.24, 2.45) is 0 Å². The van der Waals surface area contributed by atoms with Crippen LogP contribution in [0.3, 0.4) is 0 Å². The van der Waals surface area contributed by atoms with E-state index in [4.69, 9.17) is 0 Å². The van der Waals surface area contributed by atoms with Gasteiger partial charge in [-0.2, -0.15) is 0 Å². The van der Waals surface area contributed by atoms with Gasteiger partial charge in [0.15, 0.2) is 0 Å². The number of benzene rings is 4. The molecule has 0 aliphatic rings. The van der Waals surface area contributed by atoms with Gasteiger partial charge >= 0.3 is 0 Å². The lowest BCUT2D eigenvalue weighted by atomic mass is 9.84. The fraction of sp³-hybridized carbons (Fsp3) is 0.143. The zero-order chi connectivity index (χ0) is 20.9. The third-order valence-electron chi connectivity index (χ3n) is 5.60. The van der Waals surface area contributed by atoms with Crippen LogP contribution in [-0.2, 0) is 0 Å². The predicted octanol–water partition coefficient (Wildman–Crippen LogP) is 7.36. The van der Waals surface area contributed by atoms with E-state index in [0.29, 0.717) is 0 Å². The Morgan fingerprint density at radius 2 is 1.00 bits per heavy atom. The van der Waals surface area contributed by atoms with Crippen LogP contribution in [0.15, 0.2) is 97.1 Å². The first-order valence-corrected chi connectivity index (χ1v) is 10.4. The highest BCUT2D eigenvalue weighted by atomic mass is 16.3. The molecule has 30 heavy (non-hydrogen) atoms. The summed E-state index contributed by atoms with van der Waals surface area (Å²) in [7, 11) is 0. The lowest BCUT2D eigenvalue weighted by Crippen LogP contribution is -2.03. The molecule has 0 bridgehead atoms. The molecule has 0 heterocycles. The molecule has 0 unspecified atom stereocenters. The Labute approximate surface area is 178 Å². The molecular weight excluding hydrogens is 368 g/mol. The molecule has 4 aromatic rings. The average molecular weight is 395 g/mol. The van der Waals surface area contributed by atoms with Crippen LogP contribution < -0.4 is 0 Å². The first-order chi connectivity index (χ1) is 14.7. The van der Waals surface area contributed by atoms with Crippen molar-refractivity contribution in [2.75, 3.05) is 0 Å². The van der Waals surface area contributed by atoms with Crippen molar-refractivity contribution < 1.29 is 10.2 Å². The first kappa shape index (κ1) is 19.8. The molecule has 0 aliphatic heterocycles. The zero-order valence-corrected chi connectivity index (χ0v) is 17.1. The van der Waals surface area contributed by atoms with Gasteiger partial charge in [0.25, 0.3) is 0 Å². The number of rotatable bonds is 6. The topological polar surface area (TPSA) is 40.5 Å². The Balaban J connectivity index is 1.82. The number of aromatic hydroxyl groups is 2. The van der Waals surface area contributed by atoms with Gasteiger partial charge in [-0.1, -0.05) is 86.1 Å². The van der Waals surface area contributed by atoms with Gasteiger partial charge < -0.3 is 10.2 Å². The van der Waals surface area contributed by atoms with Gasteiger partial charge in [0.1, 0.15) is 11.5 Å². The van der Waals surface area contributed by atoms with Crippen molar-refractivity contribution in [3.8, 4) is 33.8 Å². The molecule has 0 saturated heterocycles. The van der Waals surface area contributed by atoms with Crippen LogP contribution in [0.25, 0.3) is 22.3 Å². The van der Waals surface area contributed by atoms with Crippen LogP contribution in [0, 0.1) is 0 Å². The van der Waals surface area contributed by atoms with E-state index in [2.05, 4.69) is 43.3 Å². The van der Waals surface area contributed by atoms with Crippen LogP contribution in [0.4, 0.5) is 0 Å². The van der Waals surface area contributed by atoms with E-state index in [1.807, 2.05) is 48.5 Å². The summed E-state index contributed by atoms with van der Waals surface area (Å²) in [5.41, 5.74) is 6.02. The van der Waals surface area contributed by atoms with E-state index in [1.54, 1.807) is 12.1 Å². The Morgan fingerprint density at radius 1 is 0.567 bits per heavy atom. The molecular formula is C28H26O2. The van der Waals surface area contributed by atoms with E-state index in [1.165, 1.54) is 0 Å². The van der Waals surface area contributed by atoms with Crippen molar-refractivity contribution >= 4 is 0 Å². The highest BCUT2D eigenvalue weighted by Gasteiger charge is 2.21. The molecule has 0 amide bonds. The lowest BCUT2D eigenvalue weighted by molar-refractivity contribution is 0.450. The molecule has 0 saturated carbocycles. The van der Waals surface area contributed by atoms with Gasteiger partial charge in [0.05, 0.1) is 0 Å². The summed E-state index contributed by atoms with van der Waals surface area (Å²) in [5, 5.41) is 21.5. The molecule has 150 valence electrons. The highest BCUT2D eigenvalue weighted by Crippen LogP contribution is 2.41. The summed E-state index contributed by atoms with van der Waals surface area (Å²) in [5.74, 6) is 0.428. The normalized spacial score (nSPS) is 11.0. The van der Waals surface area contributed by atoms with Gasteiger partial charge in [0.2, 0.25) is 0 Å². The maximum Gasteiger partial charge on any atom is 0.119 e. The highest BCUT2D eigenvalue weighted by molar-refractivity contribution is 5.69. The second-order valence-electron chi connectivity index (χ2n) is 7.62. The molecule has 0 aliphatic carbocycles. The quantitative estimate of drug-likeness (QED) is 0.358. The fourth-order valence-electron chi connectivity index (χ4n) is 4.05. The van der Waals surface area contributed by atoms with Gasteiger partial charge in [-0.25, -0.2) is 0 Å². The predicted molar refractivity (Wildman–Crippen MR) is 124 cm³/mol. The van der Waals surface area contributed by atoms with Crippen molar-refractivity contribution in [1.82, 2.24) is 0 Å². The van der Waals surface area contributed by atoms with Crippen LogP contribution in [0.5, 0.6) is 11.5 Å². The molecule has 4 aromatic carbocycles. The van der Waals surface area contributed by atoms with Gasteiger partial charge in [-0.15, -0.1) is 0 Å².